The van der Waals surface area contributed by atoms with Gasteiger partial charge in [0, 0.05) is 46.2 Å². The van der Waals surface area contributed by atoms with Crippen molar-refractivity contribution in [2.24, 2.45) is 0 Å². The van der Waals surface area contributed by atoms with Gasteiger partial charge in [-0.1, -0.05) is 27.7 Å². The Kier molecular flexibility index (Phi) is 5.76. The van der Waals surface area contributed by atoms with Crippen molar-refractivity contribution in [3.05, 3.63) is 16.1 Å². The molecular weight excluding hydrogens is 252 g/mol. The maximum absolute atomic E-state index is 11.2. The fourth-order valence-corrected chi connectivity index (χ4v) is 2.91. The van der Waals surface area contributed by atoms with Crippen LogP contribution in [0.2, 0.25) is 0 Å². The predicted octanol–water partition coefficient (Wildman–Crippen LogP) is 2.30. The first-order chi connectivity index (χ1) is 7.93. The topological polar surface area (TPSA) is 42.0 Å². The molecule has 1 heterocycles. The molecule has 3 nitrogen and oxygen atoms in total. The molecular formula is C12H22N2OS2. The van der Waals surface area contributed by atoms with Crippen molar-refractivity contribution < 1.29 is 4.21 Å². The molecule has 17 heavy (non-hydrogen) atoms. The molecule has 0 aliphatic carbocycles. The molecule has 1 rings (SSSR count). The van der Waals surface area contributed by atoms with Crippen LogP contribution in [0.3, 0.4) is 0 Å². The summed E-state index contributed by atoms with van der Waals surface area (Å²) in [6, 6.07) is 0. The van der Waals surface area contributed by atoms with Crippen LogP contribution in [0.25, 0.3) is 0 Å². The second-order valence-electron chi connectivity index (χ2n) is 4.99. The van der Waals surface area contributed by atoms with Gasteiger partial charge >= 0.3 is 0 Å². The molecule has 0 amide bonds. The van der Waals surface area contributed by atoms with Crippen molar-refractivity contribution in [3.8, 4) is 0 Å². The maximum Gasteiger partial charge on any atom is 0.107 e. The Balaban J connectivity index is 2.33. The van der Waals surface area contributed by atoms with Gasteiger partial charge in [-0.25, -0.2) is 4.98 Å². The Bertz CT molecular complexity index is 369. The lowest BCUT2D eigenvalue weighted by Crippen LogP contribution is -2.20. The Hall–Kier alpha value is -0.260. The molecule has 1 N–H and O–H groups in total. The molecule has 1 atom stereocenters. The highest BCUT2D eigenvalue weighted by atomic mass is 32.2. The van der Waals surface area contributed by atoms with Crippen LogP contribution < -0.4 is 5.32 Å². The molecule has 5 heteroatoms. The van der Waals surface area contributed by atoms with Gasteiger partial charge in [-0.15, -0.1) is 11.3 Å². The highest BCUT2D eigenvalue weighted by Gasteiger charge is 2.16. The van der Waals surface area contributed by atoms with Crippen molar-refractivity contribution in [2.45, 2.75) is 39.7 Å². The molecule has 1 unspecified atom stereocenters. The minimum atomic E-state index is -0.673. The fraction of sp³-hybridized carbons (Fsp3) is 0.750. The van der Waals surface area contributed by atoms with Gasteiger partial charge < -0.3 is 5.32 Å². The van der Waals surface area contributed by atoms with Gasteiger partial charge in [-0.05, 0) is 0 Å². The van der Waals surface area contributed by atoms with E-state index in [-0.39, 0.29) is 5.41 Å². The molecule has 0 aromatic carbocycles. The summed E-state index contributed by atoms with van der Waals surface area (Å²) in [4.78, 5) is 4.60. The lowest BCUT2D eigenvalue weighted by atomic mass is 9.93. The number of hydrogen-bond acceptors (Lipinski definition) is 4. The Morgan fingerprint density at radius 1 is 1.47 bits per heavy atom. The SMILES string of the molecule is CCS(=O)CCNCc1nc(C(C)(C)C)cs1. The lowest BCUT2D eigenvalue weighted by molar-refractivity contribution is 0.569. The van der Waals surface area contributed by atoms with E-state index in [9.17, 15) is 4.21 Å². The van der Waals surface area contributed by atoms with Crippen LogP contribution in [0.5, 0.6) is 0 Å². The maximum atomic E-state index is 11.2. The zero-order valence-corrected chi connectivity index (χ0v) is 12.7. The molecule has 0 bridgehead atoms. The van der Waals surface area contributed by atoms with Crippen LogP contribution in [0, 0.1) is 0 Å². The molecule has 1 aromatic heterocycles. The second-order valence-corrected chi connectivity index (χ2v) is 7.79. The van der Waals surface area contributed by atoms with Gasteiger partial charge in [0.25, 0.3) is 0 Å². The molecule has 0 saturated carbocycles. The molecule has 0 aliphatic rings. The Morgan fingerprint density at radius 3 is 2.71 bits per heavy atom. The number of thiazole rings is 1. The molecule has 0 saturated heterocycles. The van der Waals surface area contributed by atoms with Gasteiger partial charge in [0.1, 0.15) is 5.01 Å². The van der Waals surface area contributed by atoms with Crippen molar-refractivity contribution in [2.75, 3.05) is 18.1 Å². The quantitative estimate of drug-likeness (QED) is 0.809. The summed E-state index contributed by atoms with van der Waals surface area (Å²) >= 11 is 1.69. The van der Waals surface area contributed by atoms with E-state index < -0.39 is 10.8 Å². The molecule has 0 aliphatic heterocycles. The summed E-state index contributed by atoms with van der Waals surface area (Å²) in [6.07, 6.45) is 0. The average Bonchev–Trinajstić information content (AvgIpc) is 2.72. The first-order valence-electron chi connectivity index (χ1n) is 5.94. The van der Waals surface area contributed by atoms with Crippen LogP contribution in [0.1, 0.15) is 38.4 Å². The van der Waals surface area contributed by atoms with E-state index in [1.165, 1.54) is 0 Å². The van der Waals surface area contributed by atoms with Crippen LogP contribution >= 0.6 is 11.3 Å². The third-order valence-corrected chi connectivity index (χ3v) is 4.58. The Labute approximate surface area is 111 Å². The average molecular weight is 274 g/mol. The molecule has 0 spiro atoms. The van der Waals surface area contributed by atoms with Gasteiger partial charge in [-0.2, -0.15) is 0 Å². The van der Waals surface area contributed by atoms with E-state index in [1.54, 1.807) is 11.3 Å². The lowest BCUT2D eigenvalue weighted by Gasteiger charge is -2.14. The summed E-state index contributed by atoms with van der Waals surface area (Å²) in [5.41, 5.74) is 1.27. The van der Waals surface area contributed by atoms with Crippen LogP contribution in [-0.4, -0.2) is 27.2 Å². The normalized spacial score (nSPS) is 13.9. The Morgan fingerprint density at radius 2 is 2.18 bits per heavy atom. The summed E-state index contributed by atoms with van der Waals surface area (Å²) < 4.78 is 11.2. The van der Waals surface area contributed by atoms with Crippen LogP contribution in [0.15, 0.2) is 5.38 Å². The van der Waals surface area contributed by atoms with E-state index in [1.807, 2.05) is 6.92 Å². The zero-order valence-electron chi connectivity index (χ0n) is 11.1. The van der Waals surface area contributed by atoms with Gasteiger partial charge in [-0.3, -0.25) is 4.21 Å². The van der Waals surface area contributed by atoms with Crippen molar-refractivity contribution in [1.29, 1.82) is 0 Å². The minimum absolute atomic E-state index is 0.123. The first-order valence-corrected chi connectivity index (χ1v) is 8.31. The van der Waals surface area contributed by atoms with Gasteiger partial charge in [0.2, 0.25) is 0 Å². The molecule has 98 valence electrons. The van der Waals surface area contributed by atoms with Crippen molar-refractivity contribution in [1.82, 2.24) is 10.3 Å². The number of nitrogens with zero attached hydrogens (tertiary/aromatic N) is 1. The van der Waals surface area contributed by atoms with E-state index in [4.69, 9.17) is 0 Å². The highest BCUT2D eigenvalue weighted by Crippen LogP contribution is 2.23. The minimum Gasteiger partial charge on any atom is -0.310 e. The standard InChI is InChI=1S/C12H22N2OS2/c1-5-17(15)7-6-13-8-11-14-10(9-16-11)12(2,3)4/h9,13H,5-8H2,1-4H3. The summed E-state index contributed by atoms with van der Waals surface area (Å²) in [6.45, 7) is 10.0. The number of hydrogen-bond donors (Lipinski definition) is 1. The smallest absolute Gasteiger partial charge is 0.107 e. The van der Waals surface area contributed by atoms with Gasteiger partial charge in [0.15, 0.2) is 0 Å². The predicted molar refractivity (Wildman–Crippen MR) is 76.1 cm³/mol. The van der Waals surface area contributed by atoms with Crippen molar-refractivity contribution in [3.63, 3.8) is 0 Å². The second kappa shape index (κ2) is 6.61. The monoisotopic (exact) mass is 274 g/mol. The largest absolute Gasteiger partial charge is 0.310 e. The fourth-order valence-electron chi connectivity index (χ4n) is 1.26. The van der Waals surface area contributed by atoms with Crippen molar-refractivity contribution >= 4 is 22.1 Å². The summed E-state index contributed by atoms with van der Waals surface area (Å²) in [5, 5.41) is 6.52. The molecule has 0 radical (unpaired) electrons. The molecule has 0 fully saturated rings. The van der Waals surface area contributed by atoms with E-state index >= 15 is 0 Å². The number of aromatic nitrogens is 1. The third-order valence-electron chi connectivity index (χ3n) is 2.42. The zero-order chi connectivity index (χ0) is 12.9. The summed E-state index contributed by atoms with van der Waals surface area (Å²) in [5.74, 6) is 1.47. The van der Waals surface area contributed by atoms with E-state index in [0.29, 0.717) is 0 Å². The van der Waals surface area contributed by atoms with E-state index in [2.05, 4.69) is 36.5 Å². The van der Waals surface area contributed by atoms with Crippen LogP contribution in [-0.2, 0) is 22.8 Å². The third kappa shape index (κ3) is 5.27. The van der Waals surface area contributed by atoms with Crippen LogP contribution in [0.4, 0.5) is 0 Å². The summed E-state index contributed by atoms with van der Waals surface area (Å²) in [7, 11) is -0.673. The van der Waals surface area contributed by atoms with Gasteiger partial charge in [0.05, 0.1) is 5.69 Å². The molecule has 1 aromatic rings. The first kappa shape index (κ1) is 14.8. The van der Waals surface area contributed by atoms with E-state index in [0.717, 1.165) is 35.3 Å². The number of rotatable bonds is 6. The number of nitrogens with one attached hydrogen (secondary N) is 1. The highest BCUT2D eigenvalue weighted by molar-refractivity contribution is 7.84.